The lowest BCUT2D eigenvalue weighted by Gasteiger charge is -2.23. The van der Waals surface area contributed by atoms with Gasteiger partial charge in [0.1, 0.15) is 11.4 Å². The number of halogens is 2. The van der Waals surface area contributed by atoms with Crippen LogP contribution < -0.4 is 5.43 Å². The van der Waals surface area contributed by atoms with Crippen LogP contribution in [0.5, 0.6) is 0 Å². The summed E-state index contributed by atoms with van der Waals surface area (Å²) in [6, 6.07) is 1.44. The van der Waals surface area contributed by atoms with Crippen molar-refractivity contribution in [1.29, 1.82) is 0 Å². The minimum Gasteiger partial charge on any atom is -0.462 e. The average Bonchev–Trinajstić information content (AvgIpc) is 3.19. The monoisotopic (exact) mass is 441 g/mol. The Kier molecular flexibility index (Phi) is 6.15. The number of hydrogen-bond acceptors (Lipinski definition) is 6. The molecule has 0 amide bonds. The molecular formula is C20H21ClFNO5S. The maximum absolute atomic E-state index is 15.0. The van der Waals surface area contributed by atoms with E-state index >= 15 is 0 Å². The van der Waals surface area contributed by atoms with Gasteiger partial charge in [0.15, 0.2) is 6.29 Å². The summed E-state index contributed by atoms with van der Waals surface area (Å²) in [7, 11) is 0. The van der Waals surface area contributed by atoms with E-state index < -0.39 is 23.5 Å². The summed E-state index contributed by atoms with van der Waals surface area (Å²) in [6.45, 7) is 2.82. The first-order chi connectivity index (χ1) is 14.0. The van der Waals surface area contributed by atoms with Crippen LogP contribution >= 0.6 is 23.4 Å². The van der Waals surface area contributed by atoms with Crippen LogP contribution in [0.2, 0.25) is 5.02 Å². The van der Waals surface area contributed by atoms with Gasteiger partial charge >= 0.3 is 5.97 Å². The van der Waals surface area contributed by atoms with E-state index in [-0.39, 0.29) is 34.7 Å². The molecule has 1 atom stereocenters. The Bertz CT molecular complexity index is 1020. The van der Waals surface area contributed by atoms with Crippen molar-refractivity contribution in [2.45, 2.75) is 50.7 Å². The van der Waals surface area contributed by atoms with Gasteiger partial charge in [-0.25, -0.2) is 9.18 Å². The zero-order valence-corrected chi connectivity index (χ0v) is 17.5. The summed E-state index contributed by atoms with van der Waals surface area (Å²) in [5.41, 5.74) is -0.0707. The number of carbonyl (C=O) groups excluding carboxylic acids is 1. The number of carbonyl (C=O) groups is 1. The molecule has 6 nitrogen and oxygen atoms in total. The average molecular weight is 442 g/mol. The molecule has 1 fully saturated rings. The third-order valence-electron chi connectivity index (χ3n) is 5.08. The third kappa shape index (κ3) is 3.79. The fourth-order valence-corrected chi connectivity index (χ4v) is 5.09. The van der Waals surface area contributed by atoms with E-state index in [2.05, 4.69) is 0 Å². The number of aromatic nitrogens is 1. The number of benzene rings is 1. The lowest BCUT2D eigenvalue weighted by atomic mass is 10.0. The second-order valence-corrected chi connectivity index (χ2v) is 8.37. The third-order valence-corrected chi connectivity index (χ3v) is 6.44. The summed E-state index contributed by atoms with van der Waals surface area (Å²) < 4.78 is 33.2. The van der Waals surface area contributed by atoms with E-state index in [0.29, 0.717) is 35.9 Å². The fraction of sp³-hybridized carbons (Fsp3) is 0.500. The summed E-state index contributed by atoms with van der Waals surface area (Å²) in [5, 5.41) is 0.554. The van der Waals surface area contributed by atoms with Gasteiger partial charge in [0, 0.05) is 24.5 Å². The van der Waals surface area contributed by atoms with Crippen molar-refractivity contribution in [1.82, 2.24) is 4.57 Å². The van der Waals surface area contributed by atoms with Crippen LogP contribution in [0.4, 0.5) is 4.39 Å². The fourth-order valence-electron chi connectivity index (χ4n) is 3.74. The first-order valence-electron chi connectivity index (χ1n) is 9.63. The molecule has 0 radical (unpaired) electrons. The van der Waals surface area contributed by atoms with Crippen molar-refractivity contribution in [3.8, 4) is 0 Å². The Morgan fingerprint density at radius 2 is 2.28 bits per heavy atom. The van der Waals surface area contributed by atoms with Crippen molar-refractivity contribution in [2.75, 3.05) is 19.0 Å². The summed E-state index contributed by atoms with van der Waals surface area (Å²) >= 11 is 7.55. The Labute approximate surface area is 176 Å². The maximum Gasteiger partial charge on any atom is 0.344 e. The molecule has 2 aliphatic heterocycles. The molecule has 9 heteroatoms. The highest BCUT2D eigenvalue weighted by molar-refractivity contribution is 7.99. The van der Waals surface area contributed by atoms with Crippen molar-refractivity contribution >= 4 is 40.2 Å². The summed E-state index contributed by atoms with van der Waals surface area (Å²) in [6.07, 6.45) is 2.18. The first-order valence-corrected chi connectivity index (χ1v) is 11.0. The minimum absolute atomic E-state index is 0.0458. The molecule has 156 valence electrons. The van der Waals surface area contributed by atoms with Crippen molar-refractivity contribution in [2.24, 2.45) is 0 Å². The van der Waals surface area contributed by atoms with Gasteiger partial charge in [-0.3, -0.25) is 4.79 Å². The predicted octanol–water partition coefficient (Wildman–Crippen LogP) is 4.12. The smallest absolute Gasteiger partial charge is 0.344 e. The highest BCUT2D eigenvalue weighted by Crippen LogP contribution is 2.35. The van der Waals surface area contributed by atoms with Crippen molar-refractivity contribution in [3.63, 3.8) is 0 Å². The second kappa shape index (κ2) is 8.63. The Balaban J connectivity index is 1.88. The van der Waals surface area contributed by atoms with E-state index in [1.807, 2.05) is 4.57 Å². The van der Waals surface area contributed by atoms with Gasteiger partial charge in [-0.2, -0.15) is 0 Å². The molecule has 29 heavy (non-hydrogen) atoms. The zero-order chi connectivity index (χ0) is 20.5. The van der Waals surface area contributed by atoms with Crippen LogP contribution in [0.15, 0.2) is 15.9 Å². The van der Waals surface area contributed by atoms with Gasteiger partial charge in [-0.15, -0.1) is 11.8 Å². The maximum atomic E-state index is 15.0. The van der Waals surface area contributed by atoms with Crippen LogP contribution in [0.25, 0.3) is 10.9 Å². The van der Waals surface area contributed by atoms with Crippen molar-refractivity contribution in [3.05, 3.63) is 38.3 Å². The van der Waals surface area contributed by atoms with Gasteiger partial charge in [0.2, 0.25) is 5.43 Å². The highest BCUT2D eigenvalue weighted by atomic mass is 35.5. The van der Waals surface area contributed by atoms with Crippen LogP contribution in [0, 0.1) is 5.82 Å². The Morgan fingerprint density at radius 3 is 3.00 bits per heavy atom. The number of thioether (sulfide) groups is 1. The number of ether oxygens (including phenoxy) is 3. The SMILES string of the molecule is CCOC(=O)c1c2n(c3cc(Cl)c(F)c(COC4CCCCO4)c3c1=O)CCS2. The molecule has 4 rings (SSSR count). The molecule has 1 aromatic heterocycles. The number of nitrogens with zero attached hydrogens (tertiary/aromatic N) is 1. The Hall–Kier alpha value is -1.61. The summed E-state index contributed by atoms with van der Waals surface area (Å²) in [5.74, 6) is -0.717. The molecule has 0 N–H and O–H groups in total. The highest BCUT2D eigenvalue weighted by Gasteiger charge is 2.30. The van der Waals surface area contributed by atoms with Gasteiger partial charge in [0.25, 0.3) is 0 Å². The molecule has 0 aliphatic carbocycles. The minimum atomic E-state index is -0.715. The van der Waals surface area contributed by atoms with Gasteiger partial charge in [-0.05, 0) is 32.3 Å². The van der Waals surface area contributed by atoms with Crippen LogP contribution in [0.3, 0.4) is 0 Å². The van der Waals surface area contributed by atoms with E-state index in [1.165, 1.54) is 17.8 Å². The molecular weight excluding hydrogens is 421 g/mol. The molecule has 0 saturated carbocycles. The lowest BCUT2D eigenvalue weighted by molar-refractivity contribution is -0.169. The molecule has 0 spiro atoms. The number of hydrogen-bond donors (Lipinski definition) is 0. The normalized spacial score (nSPS) is 18.8. The zero-order valence-electron chi connectivity index (χ0n) is 16.0. The predicted molar refractivity (Wildman–Crippen MR) is 108 cm³/mol. The van der Waals surface area contributed by atoms with Crippen LogP contribution in [-0.2, 0) is 27.4 Å². The molecule has 1 aromatic carbocycles. The molecule has 3 heterocycles. The lowest BCUT2D eigenvalue weighted by Crippen LogP contribution is -2.25. The topological polar surface area (TPSA) is 66.8 Å². The van der Waals surface area contributed by atoms with Crippen molar-refractivity contribution < 1.29 is 23.4 Å². The number of aryl methyl sites for hydroxylation is 1. The number of pyridine rings is 1. The number of rotatable bonds is 5. The van der Waals surface area contributed by atoms with E-state index in [0.717, 1.165) is 12.8 Å². The molecule has 2 aromatic rings. The summed E-state index contributed by atoms with van der Waals surface area (Å²) in [4.78, 5) is 25.8. The molecule has 1 saturated heterocycles. The molecule has 0 bridgehead atoms. The van der Waals surface area contributed by atoms with E-state index in [4.69, 9.17) is 25.8 Å². The van der Waals surface area contributed by atoms with Gasteiger partial charge in [-0.1, -0.05) is 11.6 Å². The molecule has 2 aliphatic rings. The van der Waals surface area contributed by atoms with Gasteiger partial charge < -0.3 is 18.8 Å². The van der Waals surface area contributed by atoms with E-state index in [1.54, 1.807) is 6.92 Å². The first kappa shape index (κ1) is 20.7. The van der Waals surface area contributed by atoms with E-state index in [9.17, 15) is 14.0 Å². The number of fused-ring (bicyclic) bond motifs is 3. The molecule has 1 unspecified atom stereocenters. The van der Waals surface area contributed by atoms with Gasteiger partial charge in [0.05, 0.1) is 34.2 Å². The Morgan fingerprint density at radius 1 is 1.45 bits per heavy atom. The second-order valence-electron chi connectivity index (χ2n) is 6.88. The van der Waals surface area contributed by atoms with Crippen LogP contribution in [-0.4, -0.2) is 35.8 Å². The quantitative estimate of drug-likeness (QED) is 0.650. The standard InChI is InChI=1S/C20H21ClFNO5S/c1-2-26-20(25)16-18(24)15-11(10-28-14-5-3-4-7-27-14)17(22)12(21)9-13(15)23-6-8-29-19(16)23/h9,14H,2-8,10H2,1H3. The number of esters is 1. The van der Waals surface area contributed by atoms with Crippen LogP contribution in [0.1, 0.15) is 42.1 Å². The largest absolute Gasteiger partial charge is 0.462 e.